The summed E-state index contributed by atoms with van der Waals surface area (Å²) < 4.78 is 5.63. The molecule has 0 aliphatic carbocycles. The molecule has 1 amide bonds. The Morgan fingerprint density at radius 1 is 1.33 bits per heavy atom. The molecule has 0 spiro atoms. The van der Waals surface area contributed by atoms with Gasteiger partial charge >= 0.3 is 0 Å². The Morgan fingerprint density at radius 2 is 2.14 bits per heavy atom. The quantitative estimate of drug-likeness (QED) is 0.866. The van der Waals surface area contributed by atoms with E-state index in [4.69, 9.17) is 4.42 Å². The van der Waals surface area contributed by atoms with Crippen molar-refractivity contribution in [3.63, 3.8) is 0 Å². The van der Waals surface area contributed by atoms with Crippen molar-refractivity contribution in [1.82, 2.24) is 15.1 Å². The summed E-state index contributed by atoms with van der Waals surface area (Å²) in [5, 5.41) is 3.34. The molecule has 0 aromatic carbocycles. The van der Waals surface area contributed by atoms with Gasteiger partial charge in [0.25, 0.3) is 0 Å². The zero-order chi connectivity index (χ0) is 15.2. The van der Waals surface area contributed by atoms with Gasteiger partial charge in [-0.05, 0) is 52.5 Å². The molecule has 0 unspecified atom stereocenters. The van der Waals surface area contributed by atoms with E-state index in [1.165, 1.54) is 6.42 Å². The van der Waals surface area contributed by atoms with Gasteiger partial charge in [0.2, 0.25) is 5.91 Å². The molecule has 2 rings (SSSR count). The van der Waals surface area contributed by atoms with Gasteiger partial charge in [-0.1, -0.05) is 6.42 Å². The first kappa shape index (κ1) is 16.0. The molecule has 0 bridgehead atoms. The maximum atomic E-state index is 12.7. The first-order chi connectivity index (χ1) is 10.1. The Balaban J connectivity index is 2.01. The minimum Gasteiger partial charge on any atom is -0.464 e. The highest BCUT2D eigenvalue weighted by atomic mass is 16.3. The lowest BCUT2D eigenvalue weighted by Crippen LogP contribution is -2.49. The second kappa shape index (κ2) is 7.61. The molecule has 1 atom stereocenters. The molecule has 0 saturated carbocycles. The van der Waals surface area contributed by atoms with Crippen LogP contribution in [0.2, 0.25) is 0 Å². The summed E-state index contributed by atoms with van der Waals surface area (Å²) in [6.07, 6.45) is 3.23. The molecule has 1 aliphatic heterocycles. The molecule has 118 valence electrons. The Morgan fingerprint density at radius 3 is 2.71 bits per heavy atom. The van der Waals surface area contributed by atoms with Crippen molar-refractivity contribution in [2.24, 2.45) is 0 Å². The van der Waals surface area contributed by atoms with E-state index >= 15 is 0 Å². The van der Waals surface area contributed by atoms with Crippen LogP contribution in [0, 0.1) is 6.92 Å². The molecular formula is C16H27N3O2. The van der Waals surface area contributed by atoms with Gasteiger partial charge in [0.1, 0.15) is 11.5 Å². The van der Waals surface area contributed by atoms with Gasteiger partial charge in [-0.3, -0.25) is 4.79 Å². The van der Waals surface area contributed by atoms with E-state index in [1.807, 2.05) is 38.1 Å². The molecular weight excluding hydrogens is 266 g/mol. The van der Waals surface area contributed by atoms with Crippen molar-refractivity contribution in [2.45, 2.75) is 38.8 Å². The van der Waals surface area contributed by atoms with Gasteiger partial charge < -0.3 is 19.5 Å². The number of hydrogen-bond acceptors (Lipinski definition) is 4. The third-order valence-corrected chi connectivity index (χ3v) is 3.88. The van der Waals surface area contributed by atoms with E-state index in [-0.39, 0.29) is 11.9 Å². The van der Waals surface area contributed by atoms with E-state index in [0.29, 0.717) is 6.54 Å². The summed E-state index contributed by atoms with van der Waals surface area (Å²) in [6, 6.07) is 3.87. The number of carbonyl (C=O) groups is 1. The zero-order valence-corrected chi connectivity index (χ0v) is 13.4. The van der Waals surface area contributed by atoms with Crippen LogP contribution in [-0.4, -0.2) is 55.5 Å². The highest BCUT2D eigenvalue weighted by Gasteiger charge is 2.26. The number of amides is 1. The zero-order valence-electron chi connectivity index (χ0n) is 13.4. The van der Waals surface area contributed by atoms with Crippen molar-refractivity contribution in [1.29, 1.82) is 0 Å². The van der Waals surface area contributed by atoms with Crippen molar-refractivity contribution >= 4 is 5.91 Å². The van der Waals surface area contributed by atoms with Crippen molar-refractivity contribution in [3.8, 4) is 0 Å². The maximum Gasteiger partial charge on any atom is 0.240 e. The number of furan rings is 1. The number of aryl methyl sites for hydroxylation is 1. The van der Waals surface area contributed by atoms with Crippen LogP contribution in [0.4, 0.5) is 0 Å². The standard InChI is InChI=1S/C16H27N3O2/c1-13-7-8-14(21-13)12-19(11-10-18(2)3)16(20)15-6-4-5-9-17-15/h7-8,15,17H,4-6,9-12H2,1-3H3/t15-/m0/s1. The molecule has 2 heterocycles. The van der Waals surface area contributed by atoms with Crippen LogP contribution in [0.3, 0.4) is 0 Å². The summed E-state index contributed by atoms with van der Waals surface area (Å²) in [6.45, 7) is 5.01. The highest BCUT2D eigenvalue weighted by Crippen LogP contribution is 2.14. The van der Waals surface area contributed by atoms with Crippen molar-refractivity contribution in [3.05, 3.63) is 23.7 Å². The molecule has 21 heavy (non-hydrogen) atoms. The summed E-state index contributed by atoms with van der Waals surface area (Å²) >= 11 is 0. The minimum atomic E-state index is -0.0306. The predicted molar refractivity (Wildman–Crippen MR) is 83.1 cm³/mol. The third kappa shape index (κ3) is 4.86. The molecule has 5 nitrogen and oxygen atoms in total. The Bertz CT molecular complexity index is 450. The number of carbonyl (C=O) groups excluding carboxylic acids is 1. The highest BCUT2D eigenvalue weighted by molar-refractivity contribution is 5.82. The van der Waals surface area contributed by atoms with Gasteiger partial charge in [0.15, 0.2) is 0 Å². The minimum absolute atomic E-state index is 0.0306. The summed E-state index contributed by atoms with van der Waals surface area (Å²) in [7, 11) is 4.05. The molecule has 1 aromatic heterocycles. The van der Waals surface area contributed by atoms with Gasteiger partial charge in [0.05, 0.1) is 12.6 Å². The second-order valence-corrected chi connectivity index (χ2v) is 6.08. The average molecular weight is 293 g/mol. The van der Waals surface area contributed by atoms with Gasteiger partial charge in [-0.25, -0.2) is 0 Å². The van der Waals surface area contributed by atoms with Crippen LogP contribution in [0.15, 0.2) is 16.5 Å². The topological polar surface area (TPSA) is 48.7 Å². The number of hydrogen-bond donors (Lipinski definition) is 1. The summed E-state index contributed by atoms with van der Waals surface area (Å²) in [5.41, 5.74) is 0. The van der Waals surface area contributed by atoms with Crippen LogP contribution >= 0.6 is 0 Å². The van der Waals surface area contributed by atoms with Crippen LogP contribution < -0.4 is 5.32 Å². The van der Waals surface area contributed by atoms with Gasteiger partial charge in [-0.2, -0.15) is 0 Å². The normalized spacial score (nSPS) is 19.0. The number of likely N-dealkylation sites (N-methyl/N-ethyl adjacent to an activating group) is 1. The van der Waals surface area contributed by atoms with E-state index < -0.39 is 0 Å². The summed E-state index contributed by atoms with van der Waals surface area (Å²) in [4.78, 5) is 16.7. The Hall–Kier alpha value is -1.33. The Labute approximate surface area is 127 Å². The SMILES string of the molecule is Cc1ccc(CN(CCN(C)C)C(=O)[C@@H]2CCCCN2)o1. The monoisotopic (exact) mass is 293 g/mol. The lowest BCUT2D eigenvalue weighted by atomic mass is 10.0. The van der Waals surface area contributed by atoms with E-state index in [0.717, 1.165) is 44.0 Å². The second-order valence-electron chi connectivity index (χ2n) is 6.08. The number of rotatable bonds is 6. The molecule has 1 aromatic rings. The Kier molecular flexibility index (Phi) is 5.82. The first-order valence-electron chi connectivity index (χ1n) is 7.78. The number of nitrogens with one attached hydrogen (secondary N) is 1. The fraction of sp³-hybridized carbons (Fsp3) is 0.688. The molecule has 1 fully saturated rings. The predicted octanol–water partition coefficient (Wildman–Crippen LogP) is 1.62. The lowest BCUT2D eigenvalue weighted by Gasteiger charge is -2.30. The number of nitrogens with zero attached hydrogens (tertiary/aromatic N) is 2. The summed E-state index contributed by atoms with van der Waals surface area (Å²) in [5.74, 6) is 1.95. The van der Waals surface area contributed by atoms with Crippen LogP contribution in [0.25, 0.3) is 0 Å². The third-order valence-electron chi connectivity index (χ3n) is 3.88. The largest absolute Gasteiger partial charge is 0.464 e. The molecule has 1 N–H and O–H groups in total. The van der Waals surface area contributed by atoms with Crippen molar-refractivity contribution < 1.29 is 9.21 Å². The fourth-order valence-corrected chi connectivity index (χ4v) is 2.63. The molecule has 0 radical (unpaired) electrons. The van der Waals surface area contributed by atoms with Crippen molar-refractivity contribution in [2.75, 3.05) is 33.7 Å². The lowest BCUT2D eigenvalue weighted by molar-refractivity contribution is -0.135. The van der Waals surface area contributed by atoms with Gasteiger partial charge in [0, 0.05) is 13.1 Å². The smallest absolute Gasteiger partial charge is 0.240 e. The van der Waals surface area contributed by atoms with E-state index in [1.54, 1.807) is 0 Å². The fourth-order valence-electron chi connectivity index (χ4n) is 2.63. The maximum absolute atomic E-state index is 12.7. The average Bonchev–Trinajstić information content (AvgIpc) is 2.89. The first-order valence-corrected chi connectivity index (χ1v) is 7.78. The van der Waals surface area contributed by atoms with Gasteiger partial charge in [-0.15, -0.1) is 0 Å². The molecule has 1 saturated heterocycles. The van der Waals surface area contributed by atoms with Crippen LogP contribution in [0.1, 0.15) is 30.8 Å². The number of piperidine rings is 1. The molecule has 5 heteroatoms. The van der Waals surface area contributed by atoms with E-state index in [9.17, 15) is 4.79 Å². The van der Waals surface area contributed by atoms with Crippen LogP contribution in [-0.2, 0) is 11.3 Å². The molecule has 1 aliphatic rings. The van der Waals surface area contributed by atoms with E-state index in [2.05, 4.69) is 10.2 Å². The van der Waals surface area contributed by atoms with Crippen LogP contribution in [0.5, 0.6) is 0 Å².